The Morgan fingerprint density at radius 3 is 2.64 bits per heavy atom. The largest absolute Gasteiger partial charge is 0.395 e. The number of anilines is 2. The fourth-order valence-electron chi connectivity index (χ4n) is 2.66. The van der Waals surface area contributed by atoms with Crippen LogP contribution in [0.3, 0.4) is 0 Å². The molecule has 1 amide bonds. The molecular formula is C18H20N4O3. The number of nitrogens with one attached hydrogen (secondary N) is 2. The van der Waals surface area contributed by atoms with Crippen molar-refractivity contribution < 1.29 is 9.90 Å². The topological polar surface area (TPSA) is 90.4 Å². The van der Waals surface area contributed by atoms with E-state index in [2.05, 4.69) is 10.3 Å². The van der Waals surface area contributed by atoms with Crippen LogP contribution < -0.4 is 15.9 Å². The second-order valence-electron chi connectivity index (χ2n) is 5.87. The first kappa shape index (κ1) is 16.8. The second kappa shape index (κ2) is 6.82. The molecule has 1 aromatic heterocycles. The molecule has 7 nitrogen and oxygen atoms in total. The fraction of sp³-hybridized carbons (Fsp3) is 0.222. The Labute approximate surface area is 144 Å². The second-order valence-corrected chi connectivity index (χ2v) is 5.87. The predicted octanol–water partition coefficient (Wildman–Crippen LogP) is 1.55. The van der Waals surface area contributed by atoms with E-state index in [0.29, 0.717) is 23.3 Å². The van der Waals surface area contributed by atoms with E-state index >= 15 is 0 Å². The van der Waals surface area contributed by atoms with Crippen molar-refractivity contribution in [1.29, 1.82) is 0 Å². The molecule has 0 fully saturated rings. The van der Waals surface area contributed by atoms with Crippen molar-refractivity contribution in [2.45, 2.75) is 0 Å². The van der Waals surface area contributed by atoms with Gasteiger partial charge in [-0.25, -0.2) is 4.79 Å². The van der Waals surface area contributed by atoms with E-state index in [0.717, 1.165) is 11.2 Å². The SMILES string of the molecule is CN(CCO)c1ccc(NC(=O)c2ccc3c(c2)[nH]c(=O)n3C)cc1. The van der Waals surface area contributed by atoms with Gasteiger partial charge in [-0.2, -0.15) is 0 Å². The van der Waals surface area contributed by atoms with Crippen LogP contribution in [0.15, 0.2) is 47.3 Å². The Kier molecular flexibility index (Phi) is 4.58. The summed E-state index contributed by atoms with van der Waals surface area (Å²) in [5.41, 5.74) is 3.26. The minimum Gasteiger partial charge on any atom is -0.395 e. The zero-order valence-corrected chi connectivity index (χ0v) is 14.1. The Hall–Kier alpha value is -3.06. The summed E-state index contributed by atoms with van der Waals surface area (Å²) >= 11 is 0. The lowest BCUT2D eigenvalue weighted by Gasteiger charge is -2.18. The van der Waals surface area contributed by atoms with Gasteiger partial charge < -0.3 is 20.3 Å². The zero-order valence-electron chi connectivity index (χ0n) is 14.1. The van der Waals surface area contributed by atoms with Crippen LogP contribution in [0.5, 0.6) is 0 Å². The highest BCUT2D eigenvalue weighted by Gasteiger charge is 2.10. The minimum absolute atomic E-state index is 0.0824. The lowest BCUT2D eigenvalue weighted by Crippen LogP contribution is -2.21. The number of aryl methyl sites for hydroxylation is 1. The maximum atomic E-state index is 12.4. The molecule has 25 heavy (non-hydrogen) atoms. The standard InChI is InChI=1S/C18H20N4O3/c1-21(9-10-23)14-6-4-13(5-7-14)19-17(24)12-3-8-16-15(11-12)20-18(25)22(16)2/h3-8,11,23H,9-10H2,1-2H3,(H,19,24)(H,20,25). The first-order valence-electron chi connectivity index (χ1n) is 7.92. The molecule has 0 unspecified atom stereocenters. The number of carbonyl (C=O) groups is 1. The minimum atomic E-state index is -0.247. The number of H-pyrrole nitrogens is 1. The van der Waals surface area contributed by atoms with Gasteiger partial charge in [0.25, 0.3) is 5.91 Å². The molecule has 0 atom stereocenters. The van der Waals surface area contributed by atoms with Gasteiger partial charge in [-0.15, -0.1) is 0 Å². The number of rotatable bonds is 5. The summed E-state index contributed by atoms with van der Waals surface area (Å²) in [6, 6.07) is 12.5. The lowest BCUT2D eigenvalue weighted by atomic mass is 10.1. The van der Waals surface area contributed by atoms with Gasteiger partial charge in [0.2, 0.25) is 0 Å². The number of carbonyl (C=O) groups excluding carboxylic acids is 1. The van der Waals surface area contributed by atoms with Gasteiger partial charge in [0, 0.05) is 37.6 Å². The Bertz CT molecular complexity index is 957. The predicted molar refractivity (Wildman–Crippen MR) is 98.3 cm³/mol. The normalized spacial score (nSPS) is 10.8. The third-order valence-corrected chi connectivity index (χ3v) is 4.17. The molecule has 2 aromatic carbocycles. The number of hydrogen-bond acceptors (Lipinski definition) is 4. The summed E-state index contributed by atoms with van der Waals surface area (Å²) in [6.07, 6.45) is 0. The van der Waals surface area contributed by atoms with Crippen LogP contribution in [0.25, 0.3) is 11.0 Å². The molecule has 0 bridgehead atoms. The first-order chi connectivity index (χ1) is 12.0. The van der Waals surface area contributed by atoms with Crippen LogP contribution in [0.4, 0.5) is 11.4 Å². The van der Waals surface area contributed by atoms with Crippen molar-refractivity contribution in [1.82, 2.24) is 9.55 Å². The number of likely N-dealkylation sites (N-methyl/N-ethyl adjacent to an activating group) is 1. The molecule has 3 N–H and O–H groups in total. The molecule has 3 rings (SSSR count). The number of aliphatic hydroxyl groups excluding tert-OH is 1. The summed E-state index contributed by atoms with van der Waals surface area (Å²) in [4.78, 5) is 28.7. The lowest BCUT2D eigenvalue weighted by molar-refractivity contribution is 0.102. The molecule has 0 spiro atoms. The Balaban J connectivity index is 1.76. The molecule has 130 valence electrons. The van der Waals surface area contributed by atoms with Crippen LogP contribution in [0.2, 0.25) is 0 Å². The molecule has 7 heteroatoms. The first-order valence-corrected chi connectivity index (χ1v) is 7.92. The number of aliphatic hydroxyl groups is 1. The number of amides is 1. The van der Waals surface area contributed by atoms with Gasteiger partial charge in [0.1, 0.15) is 0 Å². The quantitative estimate of drug-likeness (QED) is 0.657. The molecule has 0 aliphatic rings. The summed E-state index contributed by atoms with van der Waals surface area (Å²) in [7, 11) is 3.57. The molecular weight excluding hydrogens is 320 g/mol. The van der Waals surface area contributed by atoms with Crippen molar-refractivity contribution in [3.8, 4) is 0 Å². The number of fused-ring (bicyclic) bond motifs is 1. The van der Waals surface area contributed by atoms with Crippen molar-refractivity contribution >= 4 is 28.3 Å². The van der Waals surface area contributed by atoms with Gasteiger partial charge in [0.05, 0.1) is 17.6 Å². The summed E-state index contributed by atoms with van der Waals surface area (Å²) in [6.45, 7) is 0.625. The van der Waals surface area contributed by atoms with E-state index in [1.165, 1.54) is 4.57 Å². The average Bonchev–Trinajstić information content (AvgIpc) is 2.89. The van der Waals surface area contributed by atoms with E-state index in [1.54, 1.807) is 25.2 Å². The zero-order chi connectivity index (χ0) is 18.0. The van der Waals surface area contributed by atoms with Crippen molar-refractivity contribution in [3.63, 3.8) is 0 Å². The van der Waals surface area contributed by atoms with Crippen LogP contribution in [0.1, 0.15) is 10.4 Å². The monoisotopic (exact) mass is 340 g/mol. The Morgan fingerprint density at radius 2 is 1.96 bits per heavy atom. The van der Waals surface area contributed by atoms with Gasteiger partial charge in [0.15, 0.2) is 0 Å². The van der Waals surface area contributed by atoms with Gasteiger partial charge in [-0.1, -0.05) is 0 Å². The molecule has 0 aliphatic carbocycles. The van der Waals surface area contributed by atoms with E-state index in [1.807, 2.05) is 36.2 Å². The number of nitrogens with zero attached hydrogens (tertiary/aromatic N) is 2. The molecule has 0 aliphatic heterocycles. The number of benzene rings is 2. The fourth-order valence-corrected chi connectivity index (χ4v) is 2.66. The van der Waals surface area contributed by atoms with Gasteiger partial charge in [-0.3, -0.25) is 9.36 Å². The van der Waals surface area contributed by atoms with Crippen molar-refractivity contribution in [3.05, 3.63) is 58.5 Å². The highest BCUT2D eigenvalue weighted by molar-refractivity contribution is 6.06. The van der Waals surface area contributed by atoms with Gasteiger partial charge in [-0.05, 0) is 42.5 Å². The average molecular weight is 340 g/mol. The van der Waals surface area contributed by atoms with E-state index in [-0.39, 0.29) is 18.2 Å². The highest BCUT2D eigenvalue weighted by atomic mass is 16.3. The van der Waals surface area contributed by atoms with Crippen molar-refractivity contribution in [2.24, 2.45) is 7.05 Å². The third-order valence-electron chi connectivity index (χ3n) is 4.17. The van der Waals surface area contributed by atoms with Gasteiger partial charge >= 0.3 is 5.69 Å². The van der Waals surface area contributed by atoms with Crippen LogP contribution in [-0.4, -0.2) is 40.8 Å². The maximum Gasteiger partial charge on any atom is 0.326 e. The third kappa shape index (κ3) is 3.41. The smallest absolute Gasteiger partial charge is 0.326 e. The number of aromatic amines is 1. The number of hydrogen-bond donors (Lipinski definition) is 3. The number of imidazole rings is 1. The van der Waals surface area contributed by atoms with Crippen molar-refractivity contribution in [2.75, 3.05) is 30.4 Å². The molecule has 0 saturated carbocycles. The van der Waals surface area contributed by atoms with E-state index < -0.39 is 0 Å². The maximum absolute atomic E-state index is 12.4. The van der Waals surface area contributed by atoms with Crippen LogP contribution in [0, 0.1) is 0 Å². The molecule has 0 saturated heterocycles. The van der Waals surface area contributed by atoms with E-state index in [9.17, 15) is 9.59 Å². The number of aromatic nitrogens is 2. The molecule has 1 heterocycles. The summed E-state index contributed by atoms with van der Waals surface area (Å²) < 4.78 is 1.50. The molecule has 0 radical (unpaired) electrons. The highest BCUT2D eigenvalue weighted by Crippen LogP contribution is 2.18. The van der Waals surface area contributed by atoms with Crippen LogP contribution in [-0.2, 0) is 7.05 Å². The van der Waals surface area contributed by atoms with Crippen LogP contribution >= 0.6 is 0 Å². The van der Waals surface area contributed by atoms with E-state index in [4.69, 9.17) is 5.11 Å². The summed E-state index contributed by atoms with van der Waals surface area (Å²) in [5.74, 6) is -0.247. The Morgan fingerprint density at radius 1 is 1.24 bits per heavy atom. The summed E-state index contributed by atoms with van der Waals surface area (Å²) in [5, 5.41) is 11.8. The molecule has 3 aromatic rings.